The Morgan fingerprint density at radius 2 is 1.67 bits per heavy atom. The van der Waals surface area contributed by atoms with Crippen molar-refractivity contribution in [2.45, 2.75) is 0 Å². The van der Waals surface area contributed by atoms with E-state index in [1.165, 1.54) is 11.8 Å². The molecule has 0 N–H and O–H groups in total. The highest BCUT2D eigenvalue weighted by atomic mass is 35.5. The van der Waals surface area contributed by atoms with Crippen LogP contribution in [0.2, 0.25) is 5.02 Å². The van der Waals surface area contributed by atoms with Crippen molar-refractivity contribution < 1.29 is 4.79 Å². The van der Waals surface area contributed by atoms with Gasteiger partial charge >= 0.3 is 0 Å². The molecule has 1 saturated heterocycles. The SMILES string of the molecule is C=CCN1C(=O)/C(=C/c2cn(-c3ccccc3)nc2-c2ccc(Cl)cc2)SC1=Nc1cccc2ccccc12. The highest BCUT2D eigenvalue weighted by Gasteiger charge is 2.33. The number of halogens is 1. The fourth-order valence-electron chi connectivity index (χ4n) is 4.47. The van der Waals surface area contributed by atoms with Crippen molar-refractivity contribution in [3.63, 3.8) is 0 Å². The Labute approximate surface area is 235 Å². The van der Waals surface area contributed by atoms with Crippen molar-refractivity contribution in [3.05, 3.63) is 131 Å². The second-order valence-corrected chi connectivity index (χ2v) is 10.4. The van der Waals surface area contributed by atoms with Gasteiger partial charge in [-0.3, -0.25) is 9.69 Å². The minimum absolute atomic E-state index is 0.117. The van der Waals surface area contributed by atoms with Crippen LogP contribution in [-0.2, 0) is 4.79 Å². The van der Waals surface area contributed by atoms with Crippen LogP contribution in [0.1, 0.15) is 5.56 Å². The number of nitrogens with zero attached hydrogens (tertiary/aromatic N) is 4. The third-order valence-corrected chi connectivity index (χ3v) is 7.61. The maximum Gasteiger partial charge on any atom is 0.267 e. The highest BCUT2D eigenvalue weighted by molar-refractivity contribution is 8.18. The minimum Gasteiger partial charge on any atom is -0.283 e. The van der Waals surface area contributed by atoms with Gasteiger partial charge < -0.3 is 0 Å². The summed E-state index contributed by atoms with van der Waals surface area (Å²) in [5.41, 5.74) is 4.23. The molecule has 6 rings (SSSR count). The standard InChI is InChI=1S/C32H23ClN4OS/c1-2-19-36-31(38)29(39-32(36)34-28-14-8-10-22-9-6-7-13-27(22)28)20-24-21-37(26-11-4-3-5-12-26)35-30(24)23-15-17-25(33)18-16-23/h2-18,20-21H,1,19H2/b29-20-,34-32?. The van der Waals surface area contributed by atoms with Crippen molar-refractivity contribution in [1.82, 2.24) is 14.7 Å². The van der Waals surface area contributed by atoms with Gasteiger partial charge in [0.25, 0.3) is 5.91 Å². The lowest BCUT2D eigenvalue weighted by Crippen LogP contribution is -2.29. The summed E-state index contributed by atoms with van der Waals surface area (Å²) >= 11 is 7.51. The molecule has 1 aliphatic heterocycles. The van der Waals surface area contributed by atoms with E-state index < -0.39 is 0 Å². The fourth-order valence-corrected chi connectivity index (χ4v) is 5.59. The van der Waals surface area contributed by atoms with Gasteiger partial charge in [0.15, 0.2) is 5.17 Å². The molecule has 1 aliphatic rings. The first-order valence-electron chi connectivity index (χ1n) is 12.4. The third-order valence-electron chi connectivity index (χ3n) is 6.35. The van der Waals surface area contributed by atoms with Crippen LogP contribution in [0, 0.1) is 0 Å². The molecule has 2 heterocycles. The van der Waals surface area contributed by atoms with E-state index in [2.05, 4.69) is 18.7 Å². The normalized spacial score (nSPS) is 15.5. The third kappa shape index (κ3) is 5.04. The Balaban J connectivity index is 1.44. The monoisotopic (exact) mass is 546 g/mol. The molecule has 0 unspecified atom stereocenters. The predicted octanol–water partition coefficient (Wildman–Crippen LogP) is 8.14. The summed E-state index contributed by atoms with van der Waals surface area (Å²) in [4.78, 5) is 20.8. The fraction of sp³-hybridized carbons (Fsp3) is 0.0312. The number of thioether (sulfide) groups is 1. The van der Waals surface area contributed by atoms with Crippen LogP contribution >= 0.6 is 23.4 Å². The number of fused-ring (bicyclic) bond motifs is 1. The van der Waals surface area contributed by atoms with E-state index in [1.807, 2.05) is 102 Å². The van der Waals surface area contributed by atoms with Gasteiger partial charge in [0.05, 0.1) is 22.0 Å². The molecule has 0 radical (unpaired) electrons. The second kappa shape index (κ2) is 10.8. The molecular weight excluding hydrogens is 524 g/mol. The van der Waals surface area contributed by atoms with Crippen LogP contribution in [0.4, 0.5) is 5.69 Å². The lowest BCUT2D eigenvalue weighted by molar-refractivity contribution is -0.121. The number of hydrogen-bond donors (Lipinski definition) is 0. The number of aromatic nitrogens is 2. The average Bonchev–Trinajstić information content (AvgIpc) is 3.51. The average molecular weight is 547 g/mol. The van der Waals surface area contributed by atoms with Crippen molar-refractivity contribution in [1.29, 1.82) is 0 Å². The number of carbonyl (C=O) groups excluding carboxylic acids is 1. The summed E-state index contributed by atoms with van der Waals surface area (Å²) in [5.74, 6) is -0.117. The molecule has 1 amide bonds. The molecule has 4 aromatic carbocycles. The molecule has 0 bridgehead atoms. The van der Waals surface area contributed by atoms with Crippen molar-refractivity contribution >= 4 is 57.0 Å². The Kier molecular flexibility index (Phi) is 6.88. The van der Waals surface area contributed by atoms with Gasteiger partial charge in [-0.25, -0.2) is 9.67 Å². The first-order chi connectivity index (χ1) is 19.1. The van der Waals surface area contributed by atoms with Gasteiger partial charge in [-0.1, -0.05) is 84.4 Å². The summed E-state index contributed by atoms with van der Waals surface area (Å²) in [6.07, 6.45) is 5.55. The molecule has 0 atom stereocenters. The second-order valence-electron chi connectivity index (χ2n) is 8.93. The first kappa shape index (κ1) is 24.9. The zero-order chi connectivity index (χ0) is 26.8. The molecule has 39 heavy (non-hydrogen) atoms. The summed E-state index contributed by atoms with van der Waals surface area (Å²) in [7, 11) is 0. The smallest absolute Gasteiger partial charge is 0.267 e. The number of amides is 1. The molecule has 0 aliphatic carbocycles. The van der Waals surface area contributed by atoms with Gasteiger partial charge in [-0.05, 0) is 53.6 Å². The molecular formula is C32H23ClN4OS. The van der Waals surface area contributed by atoms with Crippen LogP contribution in [0.15, 0.2) is 126 Å². The lowest BCUT2D eigenvalue weighted by Gasteiger charge is -2.13. The summed E-state index contributed by atoms with van der Waals surface area (Å²) in [6.45, 7) is 4.22. The minimum atomic E-state index is -0.117. The van der Waals surface area contributed by atoms with Crippen LogP contribution in [0.5, 0.6) is 0 Å². The summed E-state index contributed by atoms with van der Waals surface area (Å²) in [5, 5.41) is 8.27. The van der Waals surface area contributed by atoms with Crippen LogP contribution in [-0.4, -0.2) is 32.3 Å². The zero-order valence-corrected chi connectivity index (χ0v) is 22.4. The van der Waals surface area contributed by atoms with E-state index >= 15 is 0 Å². The zero-order valence-electron chi connectivity index (χ0n) is 20.9. The largest absolute Gasteiger partial charge is 0.283 e. The lowest BCUT2D eigenvalue weighted by atomic mass is 10.1. The van der Waals surface area contributed by atoms with Gasteiger partial charge in [0, 0.05) is 34.3 Å². The number of para-hydroxylation sites is 1. The maximum absolute atomic E-state index is 13.6. The van der Waals surface area contributed by atoms with Gasteiger partial charge in [-0.15, -0.1) is 6.58 Å². The number of aliphatic imine (C=N–C) groups is 1. The summed E-state index contributed by atoms with van der Waals surface area (Å²) < 4.78 is 1.83. The first-order valence-corrected chi connectivity index (χ1v) is 13.6. The topological polar surface area (TPSA) is 50.5 Å². The van der Waals surface area contributed by atoms with Crippen LogP contribution in [0.3, 0.4) is 0 Å². The molecule has 7 heteroatoms. The van der Waals surface area contributed by atoms with Gasteiger partial charge in [0.1, 0.15) is 0 Å². The van der Waals surface area contributed by atoms with E-state index in [1.54, 1.807) is 11.0 Å². The molecule has 5 aromatic rings. The molecule has 1 aromatic heterocycles. The Morgan fingerprint density at radius 3 is 2.46 bits per heavy atom. The highest BCUT2D eigenvalue weighted by Crippen LogP contribution is 2.37. The van der Waals surface area contributed by atoms with Gasteiger partial charge in [0.2, 0.25) is 0 Å². The number of carbonyl (C=O) groups is 1. The molecule has 0 saturated carbocycles. The number of benzene rings is 4. The number of amidine groups is 1. The Morgan fingerprint density at radius 1 is 0.923 bits per heavy atom. The number of rotatable bonds is 6. The molecule has 190 valence electrons. The summed E-state index contributed by atoms with van der Waals surface area (Å²) in [6, 6.07) is 31.5. The molecule has 1 fully saturated rings. The molecule has 5 nitrogen and oxygen atoms in total. The van der Waals surface area contributed by atoms with E-state index in [4.69, 9.17) is 21.7 Å². The van der Waals surface area contributed by atoms with E-state index in [0.717, 1.165) is 39.0 Å². The van der Waals surface area contributed by atoms with Crippen LogP contribution in [0.25, 0.3) is 33.8 Å². The number of hydrogen-bond acceptors (Lipinski definition) is 4. The van der Waals surface area contributed by atoms with E-state index in [0.29, 0.717) is 21.6 Å². The van der Waals surface area contributed by atoms with Crippen molar-refractivity contribution in [2.75, 3.05) is 6.54 Å². The molecule has 0 spiro atoms. The Hall–Kier alpha value is -4.39. The van der Waals surface area contributed by atoms with Gasteiger partial charge in [-0.2, -0.15) is 5.10 Å². The van der Waals surface area contributed by atoms with E-state index in [9.17, 15) is 4.79 Å². The maximum atomic E-state index is 13.6. The van der Waals surface area contributed by atoms with Crippen LogP contribution < -0.4 is 0 Å². The van der Waals surface area contributed by atoms with E-state index in [-0.39, 0.29) is 5.91 Å². The van der Waals surface area contributed by atoms with Crippen molar-refractivity contribution in [2.24, 2.45) is 4.99 Å². The van der Waals surface area contributed by atoms with Crippen molar-refractivity contribution in [3.8, 4) is 16.9 Å². The Bertz CT molecular complexity index is 1750. The predicted molar refractivity (Wildman–Crippen MR) is 163 cm³/mol. The quantitative estimate of drug-likeness (QED) is 0.159.